The van der Waals surface area contributed by atoms with Crippen LogP contribution in [0.1, 0.15) is 45.1 Å². The Kier molecular flexibility index (Phi) is 5.80. The minimum absolute atomic E-state index is 0.0985. The Hall–Kier alpha value is -3.72. The van der Waals surface area contributed by atoms with Gasteiger partial charge in [0.2, 0.25) is 0 Å². The molecule has 2 aromatic heterocycles. The van der Waals surface area contributed by atoms with Crippen LogP contribution in [0, 0.1) is 25.6 Å². The summed E-state index contributed by atoms with van der Waals surface area (Å²) in [5, 5.41) is 7.62. The first-order chi connectivity index (χ1) is 16.7. The van der Waals surface area contributed by atoms with Crippen molar-refractivity contribution in [2.24, 2.45) is 11.7 Å². The lowest BCUT2D eigenvalue weighted by Gasteiger charge is -2.16. The summed E-state index contributed by atoms with van der Waals surface area (Å²) in [6.45, 7) is 4.75. The molecule has 1 aromatic carbocycles. The van der Waals surface area contributed by atoms with Crippen LogP contribution in [0.5, 0.6) is 0 Å². The molecular weight excluding hydrogens is 473 g/mol. The second-order valence-corrected chi connectivity index (χ2v) is 9.18. The number of aromatic nitrogens is 3. The third-order valence-corrected chi connectivity index (χ3v) is 6.49. The van der Waals surface area contributed by atoms with E-state index in [1.807, 2.05) is 17.7 Å². The number of nitrogens with zero attached hydrogens (tertiary/aromatic N) is 3. The highest BCUT2D eigenvalue weighted by Gasteiger charge is 2.29. The Labute approximate surface area is 205 Å². The quantitative estimate of drug-likeness (QED) is 0.525. The minimum Gasteiger partial charge on any atom is -0.494 e. The normalized spacial score (nSPS) is 15.4. The van der Waals surface area contributed by atoms with Crippen molar-refractivity contribution in [2.45, 2.75) is 33.2 Å². The van der Waals surface area contributed by atoms with Gasteiger partial charge in [-0.3, -0.25) is 14.3 Å². The number of rotatable bonds is 6. The van der Waals surface area contributed by atoms with E-state index in [0.717, 1.165) is 35.9 Å². The number of fused-ring (bicyclic) bond motifs is 1. The van der Waals surface area contributed by atoms with Gasteiger partial charge in [-0.15, -0.1) is 0 Å². The van der Waals surface area contributed by atoms with Crippen LogP contribution in [0.4, 0.5) is 10.1 Å². The van der Waals surface area contributed by atoms with Crippen LogP contribution < -0.4 is 11.1 Å². The van der Waals surface area contributed by atoms with Crippen LogP contribution in [0.3, 0.4) is 0 Å². The molecule has 1 fully saturated rings. The second kappa shape index (κ2) is 8.81. The zero-order chi connectivity index (χ0) is 24.9. The molecule has 0 unspecified atom stereocenters. The van der Waals surface area contributed by atoms with Gasteiger partial charge in [0.1, 0.15) is 18.1 Å². The molecule has 1 aliphatic carbocycles. The third kappa shape index (κ3) is 4.51. The average Bonchev–Trinajstić information content (AvgIpc) is 3.64. The monoisotopic (exact) mass is 495 g/mol. The van der Waals surface area contributed by atoms with E-state index in [9.17, 15) is 14.0 Å². The van der Waals surface area contributed by atoms with Crippen molar-refractivity contribution in [1.29, 1.82) is 0 Å². The van der Waals surface area contributed by atoms with Gasteiger partial charge in [0.25, 0.3) is 11.8 Å². The lowest BCUT2D eigenvalue weighted by molar-refractivity contribution is 0.0996. The van der Waals surface area contributed by atoms with E-state index in [2.05, 4.69) is 21.5 Å². The van der Waals surface area contributed by atoms with Crippen molar-refractivity contribution in [1.82, 2.24) is 14.8 Å². The SMILES string of the molecule is Cc1nn(CC2=CCOC(C3CC3)=C2)c(C)c1NC(=O)c1cc(C(N)=O)nc2cc(F)c(Cl)cc12. The molecule has 180 valence electrons. The van der Waals surface area contributed by atoms with E-state index < -0.39 is 17.6 Å². The van der Waals surface area contributed by atoms with Crippen LogP contribution in [-0.2, 0) is 11.3 Å². The topological polar surface area (TPSA) is 112 Å². The van der Waals surface area contributed by atoms with Crippen LogP contribution in [0.2, 0.25) is 5.02 Å². The fourth-order valence-electron chi connectivity index (χ4n) is 4.16. The highest BCUT2D eigenvalue weighted by Crippen LogP contribution is 2.38. The number of pyridine rings is 1. The molecule has 2 aliphatic rings. The predicted octanol–water partition coefficient (Wildman–Crippen LogP) is 4.44. The Morgan fingerprint density at radius 3 is 2.77 bits per heavy atom. The van der Waals surface area contributed by atoms with Gasteiger partial charge in [0.05, 0.1) is 45.5 Å². The molecule has 10 heteroatoms. The van der Waals surface area contributed by atoms with Crippen molar-refractivity contribution < 1.29 is 18.7 Å². The largest absolute Gasteiger partial charge is 0.494 e. The maximum absolute atomic E-state index is 14.0. The van der Waals surface area contributed by atoms with Gasteiger partial charge in [-0.25, -0.2) is 9.37 Å². The van der Waals surface area contributed by atoms with E-state index in [1.54, 1.807) is 6.92 Å². The summed E-state index contributed by atoms with van der Waals surface area (Å²) in [5.74, 6) is -0.512. The predicted molar refractivity (Wildman–Crippen MR) is 130 cm³/mol. The smallest absolute Gasteiger partial charge is 0.267 e. The van der Waals surface area contributed by atoms with Crippen LogP contribution in [0.25, 0.3) is 10.9 Å². The third-order valence-electron chi connectivity index (χ3n) is 6.20. The number of amides is 2. The molecule has 1 aliphatic heterocycles. The highest BCUT2D eigenvalue weighted by molar-refractivity contribution is 6.31. The Bertz CT molecular complexity index is 1460. The summed E-state index contributed by atoms with van der Waals surface area (Å²) in [6, 6.07) is 3.66. The van der Waals surface area contributed by atoms with Crippen molar-refractivity contribution in [2.75, 3.05) is 11.9 Å². The summed E-state index contributed by atoms with van der Waals surface area (Å²) in [7, 11) is 0. The molecule has 0 radical (unpaired) electrons. The maximum Gasteiger partial charge on any atom is 0.267 e. The number of aryl methyl sites for hydroxylation is 1. The minimum atomic E-state index is -0.833. The van der Waals surface area contributed by atoms with Crippen LogP contribution in [-0.4, -0.2) is 33.2 Å². The van der Waals surface area contributed by atoms with E-state index in [0.29, 0.717) is 35.8 Å². The lowest BCUT2D eigenvalue weighted by Crippen LogP contribution is -2.18. The van der Waals surface area contributed by atoms with Crippen molar-refractivity contribution in [3.05, 3.63) is 75.2 Å². The molecule has 0 spiro atoms. The van der Waals surface area contributed by atoms with Crippen molar-refractivity contribution in [3.8, 4) is 0 Å². The highest BCUT2D eigenvalue weighted by atomic mass is 35.5. The number of hydrogen-bond donors (Lipinski definition) is 2. The van der Waals surface area contributed by atoms with Gasteiger partial charge in [0.15, 0.2) is 0 Å². The lowest BCUT2D eigenvalue weighted by atomic mass is 10.1. The Morgan fingerprint density at radius 1 is 1.29 bits per heavy atom. The molecule has 1 saturated carbocycles. The number of hydrogen-bond acceptors (Lipinski definition) is 5. The molecule has 0 bridgehead atoms. The fourth-order valence-corrected chi connectivity index (χ4v) is 4.33. The van der Waals surface area contributed by atoms with E-state index >= 15 is 0 Å². The molecule has 8 nitrogen and oxygen atoms in total. The summed E-state index contributed by atoms with van der Waals surface area (Å²) in [4.78, 5) is 29.2. The molecule has 0 atom stereocenters. The first-order valence-electron chi connectivity index (χ1n) is 11.2. The summed E-state index contributed by atoms with van der Waals surface area (Å²) >= 11 is 5.95. The number of carbonyl (C=O) groups is 2. The van der Waals surface area contributed by atoms with Gasteiger partial charge < -0.3 is 15.8 Å². The molecule has 2 amide bonds. The number of nitrogens with two attached hydrogens (primary N) is 1. The number of nitrogens with one attached hydrogen (secondary N) is 1. The van der Waals surface area contributed by atoms with E-state index in [4.69, 9.17) is 22.1 Å². The average molecular weight is 496 g/mol. The number of ether oxygens (including phenoxy) is 1. The number of anilines is 1. The Balaban J connectivity index is 1.45. The summed E-state index contributed by atoms with van der Waals surface area (Å²) in [5.41, 5.74) is 8.47. The van der Waals surface area contributed by atoms with Gasteiger partial charge in [-0.2, -0.15) is 5.10 Å². The van der Waals surface area contributed by atoms with Crippen molar-refractivity contribution in [3.63, 3.8) is 0 Å². The maximum atomic E-state index is 14.0. The first kappa shape index (κ1) is 23.0. The molecule has 5 rings (SSSR count). The standard InChI is InChI=1S/C25H23ClFN5O3/c1-12-23(13(2)32(31-12)11-14-5-6-35-22(7-14)15-3-4-15)30-25(34)17-9-21(24(28)33)29-20-10-19(27)18(26)8-16(17)20/h5,7-10,15H,3-4,6,11H2,1-2H3,(H2,28,33)(H,30,34). The zero-order valence-corrected chi connectivity index (χ0v) is 19.9. The van der Waals surface area contributed by atoms with Crippen LogP contribution >= 0.6 is 11.6 Å². The first-order valence-corrected chi connectivity index (χ1v) is 11.6. The summed E-state index contributed by atoms with van der Waals surface area (Å²) < 4.78 is 21.6. The number of carbonyl (C=O) groups excluding carboxylic acids is 2. The van der Waals surface area contributed by atoms with Gasteiger partial charge in [-0.1, -0.05) is 11.6 Å². The Morgan fingerprint density at radius 2 is 2.06 bits per heavy atom. The van der Waals surface area contributed by atoms with Crippen LogP contribution in [0.15, 0.2) is 41.7 Å². The van der Waals surface area contributed by atoms with Gasteiger partial charge >= 0.3 is 0 Å². The number of benzene rings is 1. The number of allylic oxidation sites excluding steroid dienone is 3. The molecule has 0 saturated heterocycles. The number of primary amides is 1. The molecule has 3 heterocycles. The van der Waals surface area contributed by atoms with E-state index in [1.165, 1.54) is 12.1 Å². The van der Waals surface area contributed by atoms with Crippen molar-refractivity contribution >= 4 is 40.0 Å². The zero-order valence-electron chi connectivity index (χ0n) is 19.2. The summed E-state index contributed by atoms with van der Waals surface area (Å²) in [6.07, 6.45) is 6.42. The molecular formula is C25H23ClFN5O3. The van der Waals surface area contributed by atoms with Gasteiger partial charge in [0, 0.05) is 17.4 Å². The van der Waals surface area contributed by atoms with E-state index in [-0.39, 0.29) is 21.8 Å². The molecule has 3 N–H and O–H groups in total. The van der Waals surface area contributed by atoms with Gasteiger partial charge in [-0.05, 0) is 56.5 Å². The second-order valence-electron chi connectivity index (χ2n) is 8.77. The molecule has 35 heavy (non-hydrogen) atoms. The fraction of sp³-hybridized carbons (Fsp3) is 0.280. The molecule has 3 aromatic rings. The number of halogens is 2.